The molecule has 2 rings (SSSR count). The van der Waals surface area contributed by atoms with Crippen molar-refractivity contribution in [1.82, 2.24) is 9.78 Å². The van der Waals surface area contributed by atoms with E-state index in [1.165, 1.54) is 0 Å². The first-order valence-corrected chi connectivity index (χ1v) is 6.89. The van der Waals surface area contributed by atoms with Crippen LogP contribution in [0.2, 0.25) is 0 Å². The highest BCUT2D eigenvalue weighted by atomic mass is 16.3. The van der Waals surface area contributed by atoms with Gasteiger partial charge in [0.05, 0.1) is 18.8 Å². The largest absolute Gasteiger partial charge is 0.394 e. The molecule has 108 valence electrons. The lowest BCUT2D eigenvalue weighted by molar-refractivity contribution is 0.145. The molecule has 4 heteroatoms. The lowest BCUT2D eigenvalue weighted by Gasteiger charge is -2.33. The first kappa shape index (κ1) is 14.8. The van der Waals surface area contributed by atoms with Gasteiger partial charge < -0.3 is 10.8 Å². The molecule has 2 aromatic rings. The molecular weight excluding hydrogens is 250 g/mol. The molecule has 0 bridgehead atoms. The molecule has 0 saturated heterocycles. The van der Waals surface area contributed by atoms with Crippen LogP contribution in [0, 0.1) is 5.41 Å². The maximum Gasteiger partial charge on any atom is 0.0905 e. The summed E-state index contributed by atoms with van der Waals surface area (Å²) in [6.07, 6.45) is 3.76. The zero-order chi connectivity index (χ0) is 14.8. The van der Waals surface area contributed by atoms with Gasteiger partial charge in [0.1, 0.15) is 0 Å². The number of aliphatic hydroxyl groups is 1. The number of aromatic nitrogens is 2. The topological polar surface area (TPSA) is 64.1 Å². The number of benzene rings is 1. The number of aliphatic hydroxyl groups excluding tert-OH is 1. The quantitative estimate of drug-likeness (QED) is 0.899. The van der Waals surface area contributed by atoms with Crippen LogP contribution in [0.1, 0.15) is 26.8 Å². The molecule has 1 aromatic carbocycles. The molecule has 0 amide bonds. The molecule has 20 heavy (non-hydrogen) atoms. The van der Waals surface area contributed by atoms with E-state index < -0.39 is 0 Å². The van der Waals surface area contributed by atoms with E-state index in [9.17, 15) is 5.11 Å². The summed E-state index contributed by atoms with van der Waals surface area (Å²) in [7, 11) is 0. The van der Waals surface area contributed by atoms with Gasteiger partial charge in [-0.3, -0.25) is 4.68 Å². The maximum absolute atomic E-state index is 9.65. The van der Waals surface area contributed by atoms with Crippen molar-refractivity contribution >= 4 is 0 Å². The van der Waals surface area contributed by atoms with Gasteiger partial charge in [0.2, 0.25) is 0 Å². The van der Waals surface area contributed by atoms with Crippen LogP contribution in [0.25, 0.3) is 11.1 Å². The van der Waals surface area contributed by atoms with Crippen LogP contribution in [-0.2, 0) is 0 Å². The summed E-state index contributed by atoms with van der Waals surface area (Å²) >= 11 is 0. The van der Waals surface area contributed by atoms with Crippen LogP contribution in [0.15, 0.2) is 42.7 Å². The number of nitrogens with zero attached hydrogens (tertiary/aromatic N) is 2. The van der Waals surface area contributed by atoms with Crippen molar-refractivity contribution in [3.63, 3.8) is 0 Å². The fraction of sp³-hybridized carbons (Fsp3) is 0.438. The standard InChI is InChI=1S/C16H23N3O/c1-16(2,3)15(17)14(11-20)19-10-13(9-18-19)12-7-5-4-6-8-12/h4-10,14-15,20H,11,17H2,1-3H3. The van der Waals surface area contributed by atoms with Crippen LogP contribution < -0.4 is 5.73 Å². The Morgan fingerprint density at radius 1 is 1.20 bits per heavy atom. The molecule has 4 nitrogen and oxygen atoms in total. The smallest absolute Gasteiger partial charge is 0.0905 e. The van der Waals surface area contributed by atoms with E-state index in [1.807, 2.05) is 42.7 Å². The van der Waals surface area contributed by atoms with Crippen molar-refractivity contribution in [2.75, 3.05) is 6.61 Å². The van der Waals surface area contributed by atoms with E-state index >= 15 is 0 Å². The van der Waals surface area contributed by atoms with Crippen LogP contribution >= 0.6 is 0 Å². The Kier molecular flexibility index (Phi) is 4.26. The molecule has 0 spiro atoms. The molecular formula is C16H23N3O. The van der Waals surface area contributed by atoms with Crippen LogP contribution in [0.4, 0.5) is 0 Å². The molecule has 0 aliphatic heterocycles. The summed E-state index contributed by atoms with van der Waals surface area (Å²) in [5, 5.41) is 14.0. The molecule has 2 unspecified atom stereocenters. The summed E-state index contributed by atoms with van der Waals surface area (Å²) in [6.45, 7) is 6.19. The Labute approximate surface area is 120 Å². The van der Waals surface area contributed by atoms with E-state index in [4.69, 9.17) is 5.73 Å². The highest BCUT2D eigenvalue weighted by molar-refractivity contribution is 5.61. The third-order valence-corrected chi connectivity index (χ3v) is 3.65. The van der Waals surface area contributed by atoms with E-state index in [2.05, 4.69) is 25.9 Å². The van der Waals surface area contributed by atoms with Gasteiger partial charge in [0.25, 0.3) is 0 Å². The Morgan fingerprint density at radius 3 is 2.40 bits per heavy atom. The Morgan fingerprint density at radius 2 is 1.85 bits per heavy atom. The summed E-state index contributed by atoms with van der Waals surface area (Å²) in [4.78, 5) is 0. The van der Waals surface area contributed by atoms with Crippen molar-refractivity contribution in [1.29, 1.82) is 0 Å². The second kappa shape index (κ2) is 5.77. The predicted octanol–water partition coefficient (Wildman–Crippen LogP) is 2.46. The minimum Gasteiger partial charge on any atom is -0.394 e. The highest BCUT2D eigenvalue weighted by Crippen LogP contribution is 2.27. The fourth-order valence-electron chi connectivity index (χ4n) is 2.24. The summed E-state index contributed by atoms with van der Waals surface area (Å²) in [5.41, 5.74) is 8.32. The first-order chi connectivity index (χ1) is 9.43. The van der Waals surface area contributed by atoms with Crippen molar-refractivity contribution in [2.24, 2.45) is 11.1 Å². The molecule has 1 heterocycles. The molecule has 2 atom stereocenters. The Bertz CT molecular complexity index is 542. The van der Waals surface area contributed by atoms with Gasteiger partial charge in [-0.05, 0) is 11.0 Å². The van der Waals surface area contributed by atoms with Gasteiger partial charge in [0, 0.05) is 17.8 Å². The van der Waals surface area contributed by atoms with Crippen molar-refractivity contribution < 1.29 is 5.11 Å². The minimum atomic E-state index is -0.215. The number of hydrogen-bond acceptors (Lipinski definition) is 3. The monoisotopic (exact) mass is 273 g/mol. The maximum atomic E-state index is 9.65. The number of nitrogens with two attached hydrogens (primary N) is 1. The zero-order valence-corrected chi connectivity index (χ0v) is 12.3. The molecule has 0 aliphatic rings. The summed E-state index contributed by atoms with van der Waals surface area (Å²) in [5.74, 6) is 0. The Hall–Kier alpha value is -1.65. The molecule has 0 radical (unpaired) electrons. The summed E-state index contributed by atoms with van der Waals surface area (Å²) in [6, 6.07) is 9.68. The third-order valence-electron chi connectivity index (χ3n) is 3.65. The lowest BCUT2D eigenvalue weighted by atomic mass is 9.83. The van der Waals surface area contributed by atoms with E-state index in [1.54, 1.807) is 4.68 Å². The lowest BCUT2D eigenvalue weighted by Crippen LogP contribution is -2.44. The van der Waals surface area contributed by atoms with Crippen LogP contribution in [-0.4, -0.2) is 27.5 Å². The first-order valence-electron chi connectivity index (χ1n) is 6.89. The average molecular weight is 273 g/mol. The van der Waals surface area contributed by atoms with Crippen molar-refractivity contribution in [2.45, 2.75) is 32.9 Å². The SMILES string of the molecule is CC(C)(C)C(N)C(CO)n1cc(-c2ccccc2)cn1. The Balaban J connectivity index is 2.27. The van der Waals surface area contributed by atoms with Gasteiger partial charge in [-0.15, -0.1) is 0 Å². The molecule has 0 aliphatic carbocycles. The van der Waals surface area contributed by atoms with E-state index in [-0.39, 0.29) is 24.1 Å². The van der Waals surface area contributed by atoms with E-state index in [0.717, 1.165) is 11.1 Å². The van der Waals surface area contributed by atoms with Gasteiger partial charge in [0.15, 0.2) is 0 Å². The highest BCUT2D eigenvalue weighted by Gasteiger charge is 2.30. The molecule has 0 fully saturated rings. The zero-order valence-electron chi connectivity index (χ0n) is 12.3. The molecule has 1 aromatic heterocycles. The second-order valence-corrected chi connectivity index (χ2v) is 6.22. The fourth-order valence-corrected chi connectivity index (χ4v) is 2.24. The third kappa shape index (κ3) is 3.08. The van der Waals surface area contributed by atoms with Crippen LogP contribution in [0.5, 0.6) is 0 Å². The van der Waals surface area contributed by atoms with Gasteiger partial charge >= 0.3 is 0 Å². The van der Waals surface area contributed by atoms with Gasteiger partial charge in [-0.25, -0.2) is 0 Å². The number of rotatable bonds is 4. The normalized spacial score (nSPS) is 15.1. The number of hydrogen-bond donors (Lipinski definition) is 2. The van der Waals surface area contributed by atoms with Gasteiger partial charge in [-0.1, -0.05) is 51.1 Å². The van der Waals surface area contributed by atoms with Crippen molar-refractivity contribution in [3.05, 3.63) is 42.7 Å². The van der Waals surface area contributed by atoms with Crippen LogP contribution in [0.3, 0.4) is 0 Å². The van der Waals surface area contributed by atoms with Crippen molar-refractivity contribution in [3.8, 4) is 11.1 Å². The predicted molar refractivity (Wildman–Crippen MR) is 81.2 cm³/mol. The summed E-state index contributed by atoms with van der Waals surface area (Å²) < 4.78 is 1.78. The van der Waals surface area contributed by atoms with E-state index in [0.29, 0.717) is 0 Å². The van der Waals surface area contributed by atoms with Gasteiger partial charge in [-0.2, -0.15) is 5.10 Å². The second-order valence-electron chi connectivity index (χ2n) is 6.22. The molecule has 3 N–H and O–H groups in total. The average Bonchev–Trinajstić information content (AvgIpc) is 2.89. The molecule has 0 saturated carbocycles. The minimum absolute atomic E-state index is 0.0195.